The van der Waals surface area contributed by atoms with Crippen molar-refractivity contribution in [3.8, 4) is 17.2 Å². The van der Waals surface area contributed by atoms with Crippen LogP contribution < -0.4 is 5.19 Å². The number of hydrogen-bond donors (Lipinski definition) is 0. The number of rotatable bonds is 5. The summed E-state index contributed by atoms with van der Waals surface area (Å²) < 4.78 is 6.58. The fraction of sp³-hybridized carbons (Fsp3) is 0.250. The Bertz CT molecular complexity index is 754. The van der Waals surface area contributed by atoms with Gasteiger partial charge in [-0.05, 0) is 61.6 Å². The first-order valence-corrected chi connectivity index (χ1v) is 14.1. The Morgan fingerprint density at radius 1 is 0.875 bits per heavy atom. The number of allylic oxidation sites excluding steroid dienone is 1. The Balaban J connectivity index is 2.23. The molecule has 0 spiro atoms. The summed E-state index contributed by atoms with van der Waals surface area (Å²) >= 11 is 0. The van der Waals surface area contributed by atoms with E-state index in [1.807, 2.05) is 24.3 Å². The maximum atomic E-state index is 8.90. The summed E-state index contributed by atoms with van der Waals surface area (Å²) in [5, 5.41) is 10.2. The minimum atomic E-state index is -1.92. The minimum absolute atomic E-state index is 0.688. The maximum Gasteiger partial charge on any atom is 0.206 e. The van der Waals surface area contributed by atoms with Crippen LogP contribution in [0.5, 0.6) is 0 Å². The first-order valence-electron chi connectivity index (χ1n) is 8.22. The van der Waals surface area contributed by atoms with Crippen LogP contribution >= 0.6 is 0 Å². The van der Waals surface area contributed by atoms with Gasteiger partial charge in [-0.2, -0.15) is 5.26 Å². The van der Waals surface area contributed by atoms with Crippen LogP contribution in [0.15, 0.2) is 60.3 Å². The third-order valence-corrected chi connectivity index (χ3v) is 11.0. The second kappa shape index (κ2) is 7.31. The van der Waals surface area contributed by atoms with Crippen molar-refractivity contribution in [3.63, 3.8) is 0 Å². The van der Waals surface area contributed by atoms with E-state index in [-0.39, 0.29) is 0 Å². The summed E-state index contributed by atoms with van der Waals surface area (Å²) in [5.41, 5.74) is 5.23. The van der Waals surface area contributed by atoms with Crippen LogP contribution in [0, 0.1) is 11.3 Å². The molecule has 0 atom stereocenters. The summed E-state index contributed by atoms with van der Waals surface area (Å²) in [5.74, 6) is 0. The molecule has 0 saturated carbocycles. The predicted octanol–water partition coefficient (Wildman–Crippen LogP) is 4.97. The molecule has 0 fully saturated rings. The Hall–Kier alpha value is -1.94. The smallest absolute Gasteiger partial charge is 0.206 e. The topological polar surface area (TPSA) is 33.0 Å². The standard InChI is InChI=1S/C20H25NOSi2/c1-6-15-23(2,3)22-24(4,5)20-13-11-19(12-14-20)18-9-7-17(16-21)8-10-18/h6-15H,1-5H3. The van der Waals surface area contributed by atoms with E-state index in [4.69, 9.17) is 9.38 Å². The van der Waals surface area contributed by atoms with E-state index in [0.29, 0.717) is 5.56 Å². The quantitative estimate of drug-likeness (QED) is 0.712. The third-order valence-electron chi connectivity index (χ3n) is 4.01. The summed E-state index contributed by atoms with van der Waals surface area (Å²) in [6.45, 7) is 11.1. The van der Waals surface area contributed by atoms with E-state index in [1.165, 1.54) is 5.19 Å². The van der Waals surface area contributed by atoms with E-state index in [0.717, 1.165) is 11.1 Å². The monoisotopic (exact) mass is 351 g/mol. The van der Waals surface area contributed by atoms with Crippen LogP contribution in [0.3, 0.4) is 0 Å². The van der Waals surface area contributed by atoms with Crippen LogP contribution in [0.4, 0.5) is 0 Å². The summed E-state index contributed by atoms with van der Waals surface area (Å²) in [4.78, 5) is 0. The molecule has 0 amide bonds. The van der Waals surface area contributed by atoms with Crippen molar-refractivity contribution in [1.29, 1.82) is 5.26 Å². The van der Waals surface area contributed by atoms with Crippen molar-refractivity contribution in [1.82, 2.24) is 0 Å². The van der Waals surface area contributed by atoms with E-state index in [1.54, 1.807) is 0 Å². The lowest BCUT2D eigenvalue weighted by Crippen LogP contribution is -2.51. The van der Waals surface area contributed by atoms with Crippen molar-refractivity contribution in [2.24, 2.45) is 0 Å². The number of hydrogen-bond acceptors (Lipinski definition) is 2. The van der Waals surface area contributed by atoms with Gasteiger partial charge in [0.2, 0.25) is 8.32 Å². The fourth-order valence-electron chi connectivity index (χ4n) is 2.95. The Morgan fingerprint density at radius 3 is 1.83 bits per heavy atom. The predicted molar refractivity (Wildman–Crippen MR) is 107 cm³/mol. The molecular weight excluding hydrogens is 326 g/mol. The van der Waals surface area contributed by atoms with Gasteiger partial charge in [-0.15, -0.1) is 0 Å². The van der Waals surface area contributed by atoms with Gasteiger partial charge in [0.1, 0.15) is 0 Å². The van der Waals surface area contributed by atoms with Crippen LogP contribution in [-0.4, -0.2) is 16.6 Å². The van der Waals surface area contributed by atoms with Gasteiger partial charge in [0.05, 0.1) is 11.6 Å². The average molecular weight is 352 g/mol. The number of benzene rings is 2. The van der Waals surface area contributed by atoms with Crippen molar-refractivity contribution >= 4 is 21.8 Å². The maximum absolute atomic E-state index is 8.90. The van der Waals surface area contributed by atoms with Gasteiger partial charge in [-0.3, -0.25) is 0 Å². The molecule has 124 valence electrons. The van der Waals surface area contributed by atoms with E-state index in [9.17, 15) is 0 Å². The van der Waals surface area contributed by atoms with Crippen molar-refractivity contribution < 1.29 is 4.12 Å². The van der Waals surface area contributed by atoms with Gasteiger partial charge in [0.15, 0.2) is 8.32 Å². The molecule has 0 saturated heterocycles. The minimum Gasteiger partial charge on any atom is -0.449 e. The van der Waals surface area contributed by atoms with E-state index >= 15 is 0 Å². The van der Waals surface area contributed by atoms with E-state index in [2.05, 4.69) is 75.2 Å². The normalized spacial score (nSPS) is 12.3. The first kappa shape index (κ1) is 18.4. The van der Waals surface area contributed by atoms with Crippen LogP contribution in [0.2, 0.25) is 26.2 Å². The zero-order chi connectivity index (χ0) is 17.8. The molecule has 4 heteroatoms. The molecule has 0 heterocycles. The van der Waals surface area contributed by atoms with Crippen LogP contribution in [-0.2, 0) is 4.12 Å². The lowest BCUT2D eigenvalue weighted by Gasteiger charge is -2.32. The molecule has 24 heavy (non-hydrogen) atoms. The van der Waals surface area contributed by atoms with E-state index < -0.39 is 16.6 Å². The first-order chi connectivity index (χ1) is 11.3. The fourth-order valence-corrected chi connectivity index (χ4v) is 10.7. The zero-order valence-electron chi connectivity index (χ0n) is 15.1. The van der Waals surface area contributed by atoms with Gasteiger partial charge >= 0.3 is 0 Å². The van der Waals surface area contributed by atoms with Gasteiger partial charge in [0, 0.05) is 0 Å². The summed E-state index contributed by atoms with van der Waals surface area (Å²) in [6.07, 6.45) is 2.10. The largest absolute Gasteiger partial charge is 0.449 e. The summed E-state index contributed by atoms with van der Waals surface area (Å²) in [6, 6.07) is 18.6. The number of nitrogens with zero attached hydrogens (tertiary/aromatic N) is 1. The lowest BCUT2D eigenvalue weighted by atomic mass is 10.0. The van der Waals surface area contributed by atoms with Gasteiger partial charge in [-0.1, -0.05) is 48.2 Å². The van der Waals surface area contributed by atoms with Gasteiger partial charge < -0.3 is 4.12 Å². The Morgan fingerprint density at radius 2 is 1.38 bits per heavy atom. The Labute approximate surface area is 147 Å². The van der Waals surface area contributed by atoms with Gasteiger partial charge in [0.25, 0.3) is 0 Å². The molecule has 0 aliphatic rings. The molecule has 2 aromatic rings. The third kappa shape index (κ3) is 4.54. The highest BCUT2D eigenvalue weighted by atomic mass is 28.4. The second-order valence-corrected chi connectivity index (χ2v) is 14.9. The van der Waals surface area contributed by atoms with Crippen LogP contribution in [0.1, 0.15) is 12.5 Å². The molecule has 2 aromatic carbocycles. The summed E-state index contributed by atoms with van der Waals surface area (Å²) in [7, 11) is -3.68. The number of nitriles is 1. The second-order valence-electron chi connectivity index (χ2n) is 6.98. The SMILES string of the molecule is CC=C[Si](C)(C)O[Si](C)(C)c1ccc(-c2ccc(C#N)cc2)cc1. The molecule has 0 radical (unpaired) electrons. The van der Waals surface area contributed by atoms with Gasteiger partial charge in [-0.25, -0.2) is 0 Å². The van der Waals surface area contributed by atoms with Crippen LogP contribution in [0.25, 0.3) is 11.1 Å². The molecule has 0 aromatic heterocycles. The molecule has 0 N–H and O–H groups in total. The van der Waals surface area contributed by atoms with Crippen molar-refractivity contribution in [2.45, 2.75) is 33.1 Å². The molecule has 0 aliphatic carbocycles. The highest BCUT2D eigenvalue weighted by Gasteiger charge is 2.32. The highest BCUT2D eigenvalue weighted by molar-refractivity contribution is 6.93. The molecule has 0 bridgehead atoms. The molecular formula is C20H25NOSi2. The highest BCUT2D eigenvalue weighted by Crippen LogP contribution is 2.21. The molecule has 2 rings (SSSR count). The molecule has 2 nitrogen and oxygen atoms in total. The van der Waals surface area contributed by atoms with Crippen molar-refractivity contribution in [2.75, 3.05) is 0 Å². The average Bonchev–Trinajstić information content (AvgIpc) is 2.54. The molecule has 0 unspecified atom stereocenters. The Kier molecular flexibility index (Phi) is 5.60. The molecule has 0 aliphatic heterocycles. The zero-order valence-corrected chi connectivity index (χ0v) is 17.1. The van der Waals surface area contributed by atoms with Crippen molar-refractivity contribution in [3.05, 3.63) is 65.9 Å². The lowest BCUT2D eigenvalue weighted by molar-refractivity contribution is 0.572.